The summed E-state index contributed by atoms with van der Waals surface area (Å²) in [5, 5.41) is 0. The molecule has 0 aliphatic heterocycles. The van der Waals surface area contributed by atoms with Crippen molar-refractivity contribution < 1.29 is 19.1 Å². The molecule has 3 saturated carbocycles. The van der Waals surface area contributed by atoms with Crippen molar-refractivity contribution in [3.8, 4) is 0 Å². The van der Waals surface area contributed by atoms with E-state index in [4.69, 9.17) is 9.47 Å². The Morgan fingerprint density at radius 1 is 0.553 bits per heavy atom. The van der Waals surface area contributed by atoms with Gasteiger partial charge in [0.05, 0.1) is 24.3 Å². The summed E-state index contributed by atoms with van der Waals surface area (Å²) >= 11 is 0. The number of rotatable bonds is 8. The van der Waals surface area contributed by atoms with Crippen LogP contribution in [0.15, 0.2) is 85.0 Å². The molecule has 0 spiro atoms. The molecule has 4 heteroatoms. The lowest BCUT2D eigenvalue weighted by Crippen LogP contribution is -2.43. The number of fused-ring (bicyclic) bond motifs is 4. The average Bonchev–Trinajstić information content (AvgIpc) is 3.73. The van der Waals surface area contributed by atoms with E-state index in [0.29, 0.717) is 83.5 Å². The molecule has 38 heavy (non-hydrogen) atoms. The van der Waals surface area contributed by atoms with Crippen LogP contribution in [0, 0.1) is 59.2 Å². The lowest BCUT2D eigenvalue weighted by molar-refractivity contribution is -0.0145. The van der Waals surface area contributed by atoms with E-state index in [1.807, 2.05) is 60.7 Å². The minimum atomic E-state index is -0.204. The van der Waals surface area contributed by atoms with Gasteiger partial charge >= 0.3 is 11.9 Å². The van der Waals surface area contributed by atoms with Gasteiger partial charge in [0.15, 0.2) is 0 Å². The smallest absolute Gasteiger partial charge is 0.338 e. The molecule has 0 saturated heterocycles. The van der Waals surface area contributed by atoms with Gasteiger partial charge in [-0.2, -0.15) is 0 Å². The highest BCUT2D eigenvalue weighted by Gasteiger charge is 2.56. The van der Waals surface area contributed by atoms with Gasteiger partial charge in [-0.25, -0.2) is 9.59 Å². The van der Waals surface area contributed by atoms with E-state index in [2.05, 4.69) is 24.3 Å². The van der Waals surface area contributed by atoms with Crippen LogP contribution in [0.1, 0.15) is 46.4 Å². The van der Waals surface area contributed by atoms with Crippen LogP contribution >= 0.6 is 0 Å². The molecule has 0 unspecified atom stereocenters. The largest absolute Gasteiger partial charge is 0.462 e. The molecule has 196 valence electrons. The van der Waals surface area contributed by atoms with E-state index in [-0.39, 0.29) is 11.9 Å². The quantitative estimate of drug-likeness (QED) is 0.298. The van der Waals surface area contributed by atoms with Crippen molar-refractivity contribution in [1.82, 2.24) is 0 Å². The summed E-state index contributed by atoms with van der Waals surface area (Å²) in [5.41, 5.74) is 1.27. The molecule has 4 nitrogen and oxygen atoms in total. The second kappa shape index (κ2) is 9.87. The molecule has 0 heterocycles. The van der Waals surface area contributed by atoms with Crippen LogP contribution in [-0.2, 0) is 9.47 Å². The normalized spacial score (nSPS) is 37.8. The van der Waals surface area contributed by atoms with E-state index >= 15 is 0 Å². The minimum absolute atomic E-state index is 0.204. The van der Waals surface area contributed by atoms with Gasteiger partial charge in [-0.1, -0.05) is 60.7 Å². The van der Waals surface area contributed by atoms with Crippen molar-refractivity contribution >= 4 is 11.9 Å². The lowest BCUT2D eigenvalue weighted by atomic mass is 9.56. The Morgan fingerprint density at radius 3 is 1.37 bits per heavy atom. The molecule has 8 atom stereocenters. The number of esters is 2. The number of carbonyl (C=O) groups excluding carboxylic acids is 2. The Kier molecular flexibility index (Phi) is 6.22. The molecule has 0 radical (unpaired) electrons. The van der Waals surface area contributed by atoms with Crippen LogP contribution in [0.4, 0.5) is 0 Å². The third kappa shape index (κ3) is 4.22. The van der Waals surface area contributed by atoms with Crippen molar-refractivity contribution in [2.45, 2.75) is 25.7 Å². The number of benzene rings is 2. The first-order valence-corrected chi connectivity index (χ1v) is 14.5. The van der Waals surface area contributed by atoms with Crippen LogP contribution < -0.4 is 0 Å². The molecule has 5 aliphatic rings. The highest BCUT2D eigenvalue weighted by molar-refractivity contribution is 5.89. The molecule has 7 rings (SSSR count). The fraction of sp³-hybridized carbons (Fsp3) is 0.471. The van der Waals surface area contributed by atoms with Gasteiger partial charge in [0.1, 0.15) is 0 Å². The second-order valence-corrected chi connectivity index (χ2v) is 12.3. The van der Waals surface area contributed by atoms with Crippen molar-refractivity contribution in [2.75, 3.05) is 13.2 Å². The summed E-state index contributed by atoms with van der Waals surface area (Å²) in [6, 6.07) is 18.7. The summed E-state index contributed by atoms with van der Waals surface area (Å²) < 4.78 is 11.7. The molecular weight excluding hydrogens is 472 g/mol. The summed E-state index contributed by atoms with van der Waals surface area (Å²) in [7, 11) is 0. The van der Waals surface area contributed by atoms with Gasteiger partial charge in [-0.05, 0) is 97.3 Å². The fourth-order valence-corrected chi connectivity index (χ4v) is 8.79. The standard InChI is InChI=1S/C34H36O4/c35-33(21-7-3-1-4-8-21)37-19-29-23-11-13-25(15-23)31(29)27-17-28(18-27)32-26-14-12-24(16-26)30(32)20-38-34(36)22-9-5-2-6-10-22/h1-14,23-32H,15-20H2/t23-,24+,25+,26-,27?,28?,29-,30+,31+,32-. The van der Waals surface area contributed by atoms with Gasteiger partial charge in [-0.15, -0.1) is 0 Å². The van der Waals surface area contributed by atoms with Crippen LogP contribution in [0.3, 0.4) is 0 Å². The zero-order valence-electron chi connectivity index (χ0n) is 21.7. The van der Waals surface area contributed by atoms with E-state index in [0.717, 1.165) is 0 Å². The summed E-state index contributed by atoms with van der Waals surface area (Å²) in [5.74, 6) is 5.47. The number of carbonyl (C=O) groups is 2. The highest BCUT2D eigenvalue weighted by atomic mass is 16.5. The summed E-state index contributed by atoms with van der Waals surface area (Å²) in [4.78, 5) is 25.2. The van der Waals surface area contributed by atoms with Crippen molar-refractivity contribution in [3.05, 3.63) is 96.1 Å². The second-order valence-electron chi connectivity index (χ2n) is 12.3. The van der Waals surface area contributed by atoms with Crippen LogP contribution in [0.25, 0.3) is 0 Å². The molecule has 5 aliphatic carbocycles. The molecule has 4 bridgehead atoms. The van der Waals surface area contributed by atoms with E-state index in [1.54, 1.807) is 0 Å². The summed E-state index contributed by atoms with van der Waals surface area (Å²) in [6.45, 7) is 1.06. The van der Waals surface area contributed by atoms with Crippen molar-refractivity contribution in [1.29, 1.82) is 0 Å². The molecule has 0 aromatic heterocycles. The number of ether oxygens (including phenoxy) is 2. The van der Waals surface area contributed by atoms with Gasteiger partial charge < -0.3 is 9.47 Å². The monoisotopic (exact) mass is 508 g/mol. The average molecular weight is 509 g/mol. The molecule has 2 aromatic rings. The molecular formula is C34H36O4. The molecule has 2 aromatic carbocycles. The lowest BCUT2D eigenvalue weighted by Gasteiger charge is -2.49. The third-order valence-corrected chi connectivity index (χ3v) is 10.5. The highest BCUT2D eigenvalue weighted by Crippen LogP contribution is 2.61. The topological polar surface area (TPSA) is 52.6 Å². The maximum absolute atomic E-state index is 12.6. The van der Waals surface area contributed by atoms with Gasteiger partial charge in [0.2, 0.25) is 0 Å². The number of allylic oxidation sites excluding steroid dienone is 4. The van der Waals surface area contributed by atoms with Crippen LogP contribution in [-0.4, -0.2) is 25.2 Å². The molecule has 3 fully saturated rings. The van der Waals surface area contributed by atoms with Crippen molar-refractivity contribution in [2.24, 2.45) is 59.2 Å². The van der Waals surface area contributed by atoms with Crippen molar-refractivity contribution in [3.63, 3.8) is 0 Å². The maximum Gasteiger partial charge on any atom is 0.338 e. The van der Waals surface area contributed by atoms with Gasteiger partial charge in [0.25, 0.3) is 0 Å². The van der Waals surface area contributed by atoms with E-state index in [1.165, 1.54) is 25.7 Å². The van der Waals surface area contributed by atoms with Crippen LogP contribution in [0.5, 0.6) is 0 Å². The first kappa shape index (κ1) is 23.9. The predicted molar refractivity (Wildman–Crippen MR) is 145 cm³/mol. The first-order valence-electron chi connectivity index (χ1n) is 14.5. The minimum Gasteiger partial charge on any atom is -0.462 e. The Hall–Kier alpha value is -3.14. The maximum atomic E-state index is 12.6. The van der Waals surface area contributed by atoms with E-state index in [9.17, 15) is 9.59 Å². The van der Waals surface area contributed by atoms with Gasteiger partial charge in [-0.3, -0.25) is 0 Å². The SMILES string of the molecule is O=C(OC[C@@H]1[C@@H](C2CC([C@H]3[C@H](COC(=O)c4ccccc4)[C@@H]4C=C[C@H]3C4)C2)[C@@H]2C=C[C@H]1C2)c1ccccc1. The Labute approximate surface area is 225 Å². The number of hydrogen-bond donors (Lipinski definition) is 0. The molecule has 0 amide bonds. The Balaban J connectivity index is 0.978. The summed E-state index contributed by atoms with van der Waals surface area (Å²) in [6.07, 6.45) is 14.6. The zero-order valence-corrected chi connectivity index (χ0v) is 21.7. The first-order chi connectivity index (χ1) is 18.7. The predicted octanol–water partition coefficient (Wildman–Crippen LogP) is 6.60. The zero-order chi connectivity index (χ0) is 25.6. The molecule has 0 N–H and O–H groups in total. The Bertz CT molecular complexity index is 1130. The van der Waals surface area contributed by atoms with E-state index < -0.39 is 0 Å². The fourth-order valence-electron chi connectivity index (χ4n) is 8.79. The van der Waals surface area contributed by atoms with Gasteiger partial charge in [0, 0.05) is 11.8 Å². The van der Waals surface area contributed by atoms with Crippen LogP contribution in [0.2, 0.25) is 0 Å². The Morgan fingerprint density at radius 2 is 0.947 bits per heavy atom. The number of hydrogen-bond acceptors (Lipinski definition) is 4. The third-order valence-electron chi connectivity index (χ3n) is 10.5.